The van der Waals surface area contributed by atoms with Crippen molar-refractivity contribution < 1.29 is 5.11 Å². The molecule has 0 aliphatic heterocycles. The normalized spacial score (nSPS) is 10.5. The molecule has 0 atom stereocenters. The number of hydrogen-bond donors (Lipinski definition) is 2. The molecule has 0 saturated heterocycles. The third-order valence-electron chi connectivity index (χ3n) is 2.44. The van der Waals surface area contributed by atoms with E-state index >= 15 is 0 Å². The maximum atomic E-state index is 9.46. The molecule has 0 spiro atoms. The van der Waals surface area contributed by atoms with Gasteiger partial charge >= 0.3 is 0 Å². The zero-order valence-electron chi connectivity index (χ0n) is 9.55. The third-order valence-corrected chi connectivity index (χ3v) is 3.45. The van der Waals surface area contributed by atoms with Crippen LogP contribution in [-0.4, -0.2) is 5.11 Å². The quantitative estimate of drug-likeness (QED) is 0.713. The Labute approximate surface area is 130 Å². The Balaban J connectivity index is 2.14. The molecule has 0 radical (unpaired) electrons. The van der Waals surface area contributed by atoms with Crippen molar-refractivity contribution in [1.29, 1.82) is 0 Å². The largest absolute Gasteiger partial charge is 0.505 e. The molecule has 0 aliphatic rings. The van der Waals surface area contributed by atoms with Gasteiger partial charge in [0.15, 0.2) is 5.75 Å². The molecule has 0 fully saturated rings. The van der Waals surface area contributed by atoms with Crippen molar-refractivity contribution in [3.05, 3.63) is 56.0 Å². The van der Waals surface area contributed by atoms with Gasteiger partial charge in [-0.1, -0.05) is 46.4 Å². The molecular formula is C13H9Cl4NO. The van der Waals surface area contributed by atoms with Crippen molar-refractivity contribution in [2.75, 3.05) is 5.32 Å². The predicted octanol–water partition coefficient (Wildman–Crippen LogP) is 5.62. The Hall–Kier alpha value is -0.800. The van der Waals surface area contributed by atoms with Crippen molar-refractivity contribution in [2.45, 2.75) is 6.54 Å². The molecule has 2 N–H and O–H groups in total. The summed E-state index contributed by atoms with van der Waals surface area (Å²) in [5.41, 5.74) is 1.63. The van der Waals surface area contributed by atoms with Crippen LogP contribution >= 0.6 is 46.4 Å². The number of benzene rings is 2. The van der Waals surface area contributed by atoms with Gasteiger partial charge in [0.2, 0.25) is 0 Å². The lowest BCUT2D eigenvalue weighted by molar-refractivity contribution is 0.476. The first-order chi connectivity index (χ1) is 8.95. The summed E-state index contributed by atoms with van der Waals surface area (Å²) in [5.74, 6) is -0.125. The second kappa shape index (κ2) is 6.10. The first-order valence-electron chi connectivity index (χ1n) is 5.32. The van der Waals surface area contributed by atoms with Crippen LogP contribution < -0.4 is 5.32 Å². The predicted molar refractivity (Wildman–Crippen MR) is 81.9 cm³/mol. The van der Waals surface area contributed by atoms with Crippen molar-refractivity contribution in [3.8, 4) is 5.75 Å². The minimum atomic E-state index is -0.125. The summed E-state index contributed by atoms with van der Waals surface area (Å²) >= 11 is 23.5. The zero-order chi connectivity index (χ0) is 14.0. The SMILES string of the molecule is Oc1c(Cl)cc(NCc2cc(Cl)cc(Cl)c2)cc1Cl. The highest BCUT2D eigenvalue weighted by atomic mass is 35.5. The van der Waals surface area contributed by atoms with Gasteiger partial charge in [-0.3, -0.25) is 0 Å². The molecule has 0 heterocycles. The van der Waals surface area contributed by atoms with E-state index in [1.807, 2.05) is 12.1 Å². The number of hydrogen-bond acceptors (Lipinski definition) is 2. The highest BCUT2D eigenvalue weighted by molar-refractivity contribution is 6.37. The highest BCUT2D eigenvalue weighted by Gasteiger charge is 2.06. The molecule has 0 aliphatic carbocycles. The molecule has 0 unspecified atom stereocenters. The van der Waals surface area contributed by atoms with Crippen molar-refractivity contribution in [2.24, 2.45) is 0 Å². The average molecular weight is 337 g/mol. The van der Waals surface area contributed by atoms with Gasteiger partial charge in [-0.2, -0.15) is 0 Å². The van der Waals surface area contributed by atoms with Gasteiger partial charge in [0.25, 0.3) is 0 Å². The van der Waals surface area contributed by atoms with Gasteiger partial charge in [0.05, 0.1) is 10.0 Å². The lowest BCUT2D eigenvalue weighted by Gasteiger charge is -2.09. The molecule has 2 rings (SSSR count). The van der Waals surface area contributed by atoms with Crippen molar-refractivity contribution in [1.82, 2.24) is 0 Å². The van der Waals surface area contributed by atoms with E-state index < -0.39 is 0 Å². The van der Waals surface area contributed by atoms with Gasteiger partial charge in [-0.15, -0.1) is 0 Å². The Morgan fingerprint density at radius 3 is 1.89 bits per heavy atom. The standard InChI is InChI=1S/C13H9Cl4NO/c14-8-1-7(2-9(15)3-8)6-18-10-4-11(16)13(19)12(17)5-10/h1-5,18-19H,6H2. The van der Waals surface area contributed by atoms with E-state index in [4.69, 9.17) is 46.4 Å². The van der Waals surface area contributed by atoms with E-state index in [0.717, 1.165) is 5.56 Å². The Morgan fingerprint density at radius 2 is 1.37 bits per heavy atom. The summed E-state index contributed by atoms with van der Waals surface area (Å²) in [7, 11) is 0. The van der Waals surface area contributed by atoms with E-state index in [9.17, 15) is 5.11 Å². The van der Waals surface area contributed by atoms with Gasteiger partial charge in [-0.25, -0.2) is 0 Å². The summed E-state index contributed by atoms with van der Waals surface area (Å²) in [6.07, 6.45) is 0. The van der Waals surface area contributed by atoms with Gasteiger partial charge in [0.1, 0.15) is 0 Å². The van der Waals surface area contributed by atoms with Gasteiger partial charge < -0.3 is 10.4 Å². The van der Waals surface area contributed by atoms with Crippen LogP contribution in [0.1, 0.15) is 5.56 Å². The molecule has 0 amide bonds. The molecule has 2 aromatic carbocycles. The van der Waals surface area contributed by atoms with Crippen LogP contribution in [0.3, 0.4) is 0 Å². The van der Waals surface area contributed by atoms with Crippen LogP contribution in [-0.2, 0) is 6.54 Å². The molecule has 2 aromatic rings. The summed E-state index contributed by atoms with van der Waals surface area (Å²) in [6.45, 7) is 0.512. The lowest BCUT2D eigenvalue weighted by atomic mass is 10.2. The molecule has 0 saturated carbocycles. The van der Waals surface area contributed by atoms with E-state index in [1.54, 1.807) is 18.2 Å². The molecule has 0 bridgehead atoms. The van der Waals surface area contributed by atoms with Crippen molar-refractivity contribution in [3.63, 3.8) is 0 Å². The fraction of sp³-hybridized carbons (Fsp3) is 0.0769. The number of phenols is 1. The number of rotatable bonds is 3. The number of phenolic OH excluding ortho intramolecular Hbond substituents is 1. The Bertz CT molecular complexity index is 572. The zero-order valence-corrected chi connectivity index (χ0v) is 12.6. The molecule has 19 heavy (non-hydrogen) atoms. The topological polar surface area (TPSA) is 32.3 Å². The fourth-order valence-corrected chi connectivity index (χ4v) is 2.64. The van der Waals surface area contributed by atoms with Crippen LogP contribution in [0.5, 0.6) is 5.75 Å². The van der Waals surface area contributed by atoms with Crippen LogP contribution in [0, 0.1) is 0 Å². The van der Waals surface area contributed by atoms with E-state index in [0.29, 0.717) is 22.3 Å². The summed E-state index contributed by atoms with van der Waals surface area (Å²) in [6, 6.07) is 8.47. The minimum absolute atomic E-state index is 0.125. The highest BCUT2D eigenvalue weighted by Crippen LogP contribution is 2.34. The number of halogens is 4. The molecule has 100 valence electrons. The number of anilines is 1. The fourth-order valence-electron chi connectivity index (χ4n) is 1.58. The van der Waals surface area contributed by atoms with Gasteiger partial charge in [0, 0.05) is 22.3 Å². The van der Waals surface area contributed by atoms with Gasteiger partial charge in [-0.05, 0) is 35.9 Å². The van der Waals surface area contributed by atoms with Crippen LogP contribution in [0.25, 0.3) is 0 Å². The van der Waals surface area contributed by atoms with Crippen LogP contribution in [0.15, 0.2) is 30.3 Å². The average Bonchev–Trinajstić information content (AvgIpc) is 2.32. The Kier molecular flexibility index (Phi) is 4.69. The smallest absolute Gasteiger partial charge is 0.152 e. The summed E-state index contributed by atoms with van der Waals surface area (Å²) in [5, 5.41) is 14.1. The second-order valence-electron chi connectivity index (χ2n) is 3.92. The number of nitrogens with one attached hydrogen (secondary N) is 1. The third kappa shape index (κ3) is 3.83. The first-order valence-corrected chi connectivity index (χ1v) is 6.84. The number of aromatic hydroxyl groups is 1. The second-order valence-corrected chi connectivity index (χ2v) is 5.61. The van der Waals surface area contributed by atoms with E-state index in [1.165, 1.54) is 0 Å². The minimum Gasteiger partial charge on any atom is -0.505 e. The summed E-state index contributed by atoms with van der Waals surface area (Å²) < 4.78 is 0. The molecule has 0 aromatic heterocycles. The maximum Gasteiger partial charge on any atom is 0.152 e. The maximum absolute atomic E-state index is 9.46. The van der Waals surface area contributed by atoms with E-state index in [-0.39, 0.29) is 15.8 Å². The van der Waals surface area contributed by atoms with E-state index in [2.05, 4.69) is 5.32 Å². The molecule has 6 heteroatoms. The lowest BCUT2D eigenvalue weighted by Crippen LogP contribution is -1.99. The first kappa shape index (κ1) is 14.6. The molecule has 2 nitrogen and oxygen atoms in total. The van der Waals surface area contributed by atoms with Crippen LogP contribution in [0.2, 0.25) is 20.1 Å². The monoisotopic (exact) mass is 335 g/mol. The Morgan fingerprint density at radius 1 is 0.842 bits per heavy atom. The summed E-state index contributed by atoms with van der Waals surface area (Å²) in [4.78, 5) is 0. The van der Waals surface area contributed by atoms with Crippen LogP contribution in [0.4, 0.5) is 5.69 Å². The van der Waals surface area contributed by atoms with Crippen molar-refractivity contribution >= 4 is 52.1 Å². The molecular weight excluding hydrogens is 328 g/mol.